The van der Waals surface area contributed by atoms with E-state index in [2.05, 4.69) is 0 Å². The number of hydrogen-bond acceptors (Lipinski definition) is 4. The summed E-state index contributed by atoms with van der Waals surface area (Å²) in [5.74, 6) is -1.16. The van der Waals surface area contributed by atoms with Gasteiger partial charge in [-0.15, -0.1) is 11.3 Å². The van der Waals surface area contributed by atoms with E-state index in [0.29, 0.717) is 19.5 Å². The molecule has 6 nitrogen and oxygen atoms in total. The molecule has 1 N–H and O–H groups in total. The topological polar surface area (TPSA) is 77.9 Å². The van der Waals surface area contributed by atoms with Gasteiger partial charge in [-0.25, -0.2) is 0 Å². The number of likely N-dealkylation sites (tertiary alicyclic amines) is 1. The molecule has 0 bridgehead atoms. The van der Waals surface area contributed by atoms with Gasteiger partial charge < -0.3 is 14.9 Å². The maximum Gasteiger partial charge on any atom is 0.323 e. The van der Waals surface area contributed by atoms with Crippen LogP contribution >= 0.6 is 11.3 Å². The molecule has 2 atom stereocenters. The normalized spacial score (nSPS) is 19.1. The number of thiophene rings is 1. The van der Waals surface area contributed by atoms with Gasteiger partial charge in [-0.05, 0) is 37.1 Å². The summed E-state index contributed by atoms with van der Waals surface area (Å²) in [6.07, 6.45) is 2.89. The van der Waals surface area contributed by atoms with Crippen LogP contribution in [0.3, 0.4) is 0 Å². The minimum absolute atomic E-state index is 0.0712. The van der Waals surface area contributed by atoms with Crippen LogP contribution in [0.2, 0.25) is 0 Å². The molecule has 1 fully saturated rings. The predicted molar refractivity (Wildman–Crippen MR) is 96.4 cm³/mol. The molecule has 0 unspecified atom stereocenters. The summed E-state index contributed by atoms with van der Waals surface area (Å²) in [6, 6.07) is 3.93. The van der Waals surface area contributed by atoms with E-state index < -0.39 is 5.97 Å². The summed E-state index contributed by atoms with van der Waals surface area (Å²) in [5.41, 5.74) is 0. The molecule has 2 rings (SSSR count). The third kappa shape index (κ3) is 5.56. The molecular weight excluding hydrogens is 340 g/mol. The lowest BCUT2D eigenvalue weighted by molar-refractivity contribution is -0.145. The second kappa shape index (κ2) is 8.99. The first-order valence-electron chi connectivity index (χ1n) is 8.68. The minimum Gasteiger partial charge on any atom is -0.480 e. The van der Waals surface area contributed by atoms with Crippen LogP contribution in [0, 0.1) is 5.92 Å². The molecule has 1 aromatic heterocycles. The van der Waals surface area contributed by atoms with Crippen molar-refractivity contribution in [3.05, 3.63) is 22.4 Å². The largest absolute Gasteiger partial charge is 0.480 e. The maximum absolute atomic E-state index is 12.7. The van der Waals surface area contributed by atoms with Crippen molar-refractivity contribution in [2.75, 3.05) is 19.6 Å². The van der Waals surface area contributed by atoms with Crippen LogP contribution < -0.4 is 0 Å². The average Bonchev–Trinajstić information content (AvgIpc) is 2.93. The quantitative estimate of drug-likeness (QED) is 0.837. The van der Waals surface area contributed by atoms with E-state index in [1.807, 2.05) is 29.3 Å². The molecule has 2 amide bonds. The Bertz CT molecular complexity index is 602. The Kier molecular flexibility index (Phi) is 6.99. The van der Waals surface area contributed by atoms with E-state index in [-0.39, 0.29) is 30.3 Å². The van der Waals surface area contributed by atoms with Crippen LogP contribution in [0.1, 0.15) is 38.0 Å². The van der Waals surface area contributed by atoms with Crippen LogP contribution in [0.4, 0.5) is 0 Å². The summed E-state index contributed by atoms with van der Waals surface area (Å²) in [7, 11) is 0. The van der Waals surface area contributed by atoms with Crippen molar-refractivity contribution >= 4 is 29.1 Å². The zero-order valence-electron chi connectivity index (χ0n) is 14.8. The molecular formula is C18H26N2O4S. The van der Waals surface area contributed by atoms with E-state index in [4.69, 9.17) is 5.11 Å². The predicted octanol–water partition coefficient (Wildman–Crippen LogP) is 2.24. The van der Waals surface area contributed by atoms with Crippen molar-refractivity contribution in [3.8, 4) is 0 Å². The first-order valence-corrected chi connectivity index (χ1v) is 9.56. The van der Waals surface area contributed by atoms with Gasteiger partial charge in [0.2, 0.25) is 11.8 Å². The number of carboxylic acid groups (broad SMARTS) is 1. The van der Waals surface area contributed by atoms with Crippen LogP contribution in [-0.2, 0) is 20.8 Å². The highest BCUT2D eigenvalue weighted by Crippen LogP contribution is 2.21. The van der Waals surface area contributed by atoms with Crippen molar-refractivity contribution < 1.29 is 19.5 Å². The van der Waals surface area contributed by atoms with Gasteiger partial charge in [0.05, 0.1) is 0 Å². The Morgan fingerprint density at radius 1 is 1.36 bits per heavy atom. The second-order valence-corrected chi connectivity index (χ2v) is 7.67. The Morgan fingerprint density at radius 2 is 2.12 bits per heavy atom. The van der Waals surface area contributed by atoms with Crippen LogP contribution in [0.25, 0.3) is 0 Å². The van der Waals surface area contributed by atoms with Crippen LogP contribution in [0.5, 0.6) is 0 Å². The van der Waals surface area contributed by atoms with Crippen LogP contribution in [-0.4, -0.2) is 58.4 Å². The zero-order valence-corrected chi connectivity index (χ0v) is 15.6. The van der Waals surface area contributed by atoms with Gasteiger partial charge in [0, 0.05) is 36.9 Å². The summed E-state index contributed by atoms with van der Waals surface area (Å²) in [6.45, 7) is 4.32. The van der Waals surface area contributed by atoms with Crippen LogP contribution in [0.15, 0.2) is 17.5 Å². The molecule has 1 aromatic rings. The molecule has 0 aromatic carbocycles. The van der Waals surface area contributed by atoms with E-state index in [9.17, 15) is 14.4 Å². The molecule has 0 saturated carbocycles. The van der Waals surface area contributed by atoms with Gasteiger partial charge in [0.1, 0.15) is 6.54 Å². The molecule has 0 spiro atoms. The van der Waals surface area contributed by atoms with Gasteiger partial charge in [-0.3, -0.25) is 14.4 Å². The molecule has 1 aliphatic rings. The van der Waals surface area contributed by atoms with E-state index in [0.717, 1.165) is 19.3 Å². The van der Waals surface area contributed by atoms with Gasteiger partial charge in [-0.1, -0.05) is 13.0 Å². The Labute approximate surface area is 152 Å². The highest BCUT2D eigenvalue weighted by Gasteiger charge is 2.29. The lowest BCUT2D eigenvalue weighted by atomic mass is 10.1. The zero-order chi connectivity index (χ0) is 18.4. The number of amides is 2. The average molecular weight is 366 g/mol. The van der Waals surface area contributed by atoms with Gasteiger partial charge in [0.15, 0.2) is 0 Å². The summed E-state index contributed by atoms with van der Waals surface area (Å²) in [4.78, 5) is 40.0. The van der Waals surface area contributed by atoms with Gasteiger partial charge in [-0.2, -0.15) is 0 Å². The number of carboxylic acids is 1. The Morgan fingerprint density at radius 3 is 2.72 bits per heavy atom. The van der Waals surface area contributed by atoms with E-state index >= 15 is 0 Å². The lowest BCUT2D eigenvalue weighted by Gasteiger charge is -2.29. The number of nitrogens with zero attached hydrogens (tertiary/aromatic N) is 2. The van der Waals surface area contributed by atoms with Crippen molar-refractivity contribution in [3.63, 3.8) is 0 Å². The molecule has 0 radical (unpaired) electrons. The summed E-state index contributed by atoms with van der Waals surface area (Å²) < 4.78 is 0. The number of aliphatic carboxylic acids is 1. The summed E-state index contributed by atoms with van der Waals surface area (Å²) in [5, 5.41) is 11.0. The SMILES string of the molecule is CC(=O)N(CC(=O)O)[C@@H]1CCCN(C(=O)[C@H](C)Cc2cccs2)CC1. The highest BCUT2D eigenvalue weighted by molar-refractivity contribution is 7.09. The fourth-order valence-electron chi connectivity index (χ4n) is 3.38. The van der Waals surface area contributed by atoms with Crippen molar-refractivity contribution in [2.45, 2.75) is 45.6 Å². The highest BCUT2D eigenvalue weighted by atomic mass is 32.1. The van der Waals surface area contributed by atoms with Gasteiger partial charge >= 0.3 is 5.97 Å². The maximum atomic E-state index is 12.7. The third-order valence-corrected chi connectivity index (χ3v) is 5.57. The smallest absolute Gasteiger partial charge is 0.323 e. The molecule has 2 heterocycles. The third-order valence-electron chi connectivity index (χ3n) is 4.67. The van der Waals surface area contributed by atoms with Crippen molar-refractivity contribution in [1.82, 2.24) is 9.80 Å². The fourth-order valence-corrected chi connectivity index (χ4v) is 4.22. The van der Waals surface area contributed by atoms with E-state index in [1.165, 1.54) is 16.7 Å². The lowest BCUT2D eigenvalue weighted by Crippen LogP contribution is -2.43. The number of hydrogen-bond donors (Lipinski definition) is 1. The molecule has 138 valence electrons. The number of rotatable bonds is 6. The van der Waals surface area contributed by atoms with Crippen molar-refractivity contribution in [1.29, 1.82) is 0 Å². The molecule has 1 aliphatic heterocycles. The number of carbonyl (C=O) groups is 3. The molecule has 7 heteroatoms. The number of carbonyl (C=O) groups excluding carboxylic acids is 2. The van der Waals surface area contributed by atoms with Crippen molar-refractivity contribution in [2.24, 2.45) is 5.92 Å². The molecule has 1 saturated heterocycles. The minimum atomic E-state index is -1.00. The summed E-state index contributed by atoms with van der Waals surface area (Å²) >= 11 is 1.66. The monoisotopic (exact) mass is 366 g/mol. The second-order valence-electron chi connectivity index (χ2n) is 6.64. The Balaban J connectivity index is 1.94. The first-order chi connectivity index (χ1) is 11.9. The first kappa shape index (κ1) is 19.4. The molecule has 0 aliphatic carbocycles. The standard InChI is InChI=1S/C18H26N2O4S/c1-13(11-16-6-4-10-25-16)18(24)19-8-3-5-15(7-9-19)20(14(2)21)12-17(22)23/h4,6,10,13,15H,3,5,7-9,11-12H2,1-2H3,(H,22,23)/t13-,15-/m1/s1. The fraction of sp³-hybridized carbons (Fsp3) is 0.611. The molecule has 25 heavy (non-hydrogen) atoms. The van der Waals surface area contributed by atoms with Gasteiger partial charge in [0.25, 0.3) is 0 Å². The van der Waals surface area contributed by atoms with E-state index in [1.54, 1.807) is 11.3 Å². The Hall–Kier alpha value is -1.89.